The maximum absolute atomic E-state index is 13.4. The van der Waals surface area contributed by atoms with Crippen molar-refractivity contribution in [3.8, 4) is 0 Å². The summed E-state index contributed by atoms with van der Waals surface area (Å²) in [7, 11) is 0. The van der Waals surface area contributed by atoms with Gasteiger partial charge in [-0.25, -0.2) is 0 Å². The quantitative estimate of drug-likeness (QED) is 0.425. The van der Waals surface area contributed by atoms with E-state index < -0.39 is 6.04 Å². The fraction of sp³-hybridized carbons (Fsp3) is 0.321. The van der Waals surface area contributed by atoms with E-state index in [1.807, 2.05) is 68.4 Å². The van der Waals surface area contributed by atoms with Gasteiger partial charge >= 0.3 is 0 Å². The van der Waals surface area contributed by atoms with E-state index in [2.05, 4.69) is 5.32 Å². The van der Waals surface area contributed by atoms with Gasteiger partial charge in [0.2, 0.25) is 11.8 Å². The van der Waals surface area contributed by atoms with Crippen LogP contribution in [0, 0.1) is 0 Å². The summed E-state index contributed by atoms with van der Waals surface area (Å²) in [5, 5.41) is 5.40. The molecule has 0 radical (unpaired) electrons. The van der Waals surface area contributed by atoms with Crippen LogP contribution in [-0.2, 0) is 16.1 Å². The van der Waals surface area contributed by atoms with Crippen molar-refractivity contribution in [2.75, 3.05) is 18.0 Å². The molecule has 3 aromatic carbocycles. The number of rotatable bonds is 10. The largest absolute Gasteiger partial charge is 0.355 e. The Morgan fingerprint density at radius 1 is 1.03 bits per heavy atom. The molecule has 3 aromatic rings. The predicted molar refractivity (Wildman–Crippen MR) is 140 cm³/mol. The van der Waals surface area contributed by atoms with Crippen molar-refractivity contribution in [2.45, 2.75) is 45.7 Å². The summed E-state index contributed by atoms with van der Waals surface area (Å²) in [5.41, 5.74) is 2.38. The van der Waals surface area contributed by atoms with Gasteiger partial charge in [0.1, 0.15) is 6.04 Å². The number of hydrogen-bond acceptors (Lipinski definition) is 3. The van der Waals surface area contributed by atoms with Crippen LogP contribution in [0.5, 0.6) is 0 Å². The second kappa shape index (κ2) is 10.9. The van der Waals surface area contributed by atoms with Crippen LogP contribution >= 0.6 is 11.6 Å². The van der Waals surface area contributed by atoms with Crippen LogP contribution in [0.15, 0.2) is 60.7 Å². The van der Waals surface area contributed by atoms with Crippen molar-refractivity contribution in [2.24, 2.45) is 0 Å². The van der Waals surface area contributed by atoms with Crippen molar-refractivity contribution >= 4 is 45.8 Å². The molecule has 0 aliphatic carbocycles. The third kappa shape index (κ3) is 5.03. The third-order valence-electron chi connectivity index (χ3n) is 6.46. The molecule has 4 rings (SSSR count). The zero-order valence-corrected chi connectivity index (χ0v) is 20.8. The van der Waals surface area contributed by atoms with Crippen LogP contribution in [-0.4, -0.2) is 41.8 Å². The van der Waals surface area contributed by atoms with Crippen molar-refractivity contribution in [1.82, 2.24) is 10.2 Å². The number of nitrogens with one attached hydrogen (secondary N) is 1. The molecule has 0 saturated heterocycles. The van der Waals surface area contributed by atoms with Crippen LogP contribution in [0.25, 0.3) is 10.8 Å². The molecule has 35 heavy (non-hydrogen) atoms. The normalized spacial score (nSPS) is 13.2. The number of hydrogen-bond donors (Lipinski definition) is 1. The van der Waals surface area contributed by atoms with Crippen molar-refractivity contribution in [3.63, 3.8) is 0 Å². The Hall–Kier alpha value is -3.38. The summed E-state index contributed by atoms with van der Waals surface area (Å²) in [5.74, 6) is -0.344. The summed E-state index contributed by atoms with van der Waals surface area (Å²) in [4.78, 5) is 42.6. The van der Waals surface area contributed by atoms with Crippen LogP contribution in [0.4, 0.5) is 5.69 Å². The SMILES string of the molecule is CCNC(=O)[C@@H](CC)N(Cc1ccccc1Cl)C(=O)CCCN1C(=O)c2cccc3cccc1c23. The molecule has 6 nitrogen and oxygen atoms in total. The summed E-state index contributed by atoms with van der Waals surface area (Å²) in [6, 6.07) is 18.4. The second-order valence-corrected chi connectivity index (χ2v) is 9.08. The maximum atomic E-state index is 13.4. The van der Waals surface area contributed by atoms with Gasteiger partial charge in [0.25, 0.3) is 5.91 Å². The Labute approximate surface area is 210 Å². The van der Waals surface area contributed by atoms with Gasteiger partial charge in [-0.2, -0.15) is 0 Å². The summed E-state index contributed by atoms with van der Waals surface area (Å²) >= 11 is 6.37. The Morgan fingerprint density at radius 2 is 1.77 bits per heavy atom. The first-order chi connectivity index (χ1) is 17.0. The van der Waals surface area contributed by atoms with E-state index in [4.69, 9.17) is 11.6 Å². The first-order valence-electron chi connectivity index (χ1n) is 12.1. The lowest BCUT2D eigenvalue weighted by Crippen LogP contribution is -2.49. The van der Waals surface area contributed by atoms with E-state index in [-0.39, 0.29) is 30.7 Å². The molecule has 7 heteroatoms. The molecule has 3 amide bonds. The molecule has 1 heterocycles. The molecule has 1 aliphatic heterocycles. The fourth-order valence-electron chi connectivity index (χ4n) is 4.75. The van der Waals surface area contributed by atoms with Crippen molar-refractivity contribution in [1.29, 1.82) is 0 Å². The van der Waals surface area contributed by atoms with E-state index >= 15 is 0 Å². The second-order valence-electron chi connectivity index (χ2n) is 8.67. The topological polar surface area (TPSA) is 69.7 Å². The van der Waals surface area contributed by atoms with E-state index in [9.17, 15) is 14.4 Å². The third-order valence-corrected chi connectivity index (χ3v) is 6.83. The maximum Gasteiger partial charge on any atom is 0.258 e. The summed E-state index contributed by atoms with van der Waals surface area (Å²) in [6.07, 6.45) is 1.19. The molecule has 0 spiro atoms. The predicted octanol–water partition coefficient (Wildman–Crippen LogP) is 5.18. The first kappa shape index (κ1) is 24.7. The van der Waals surface area contributed by atoms with Gasteiger partial charge in [-0.3, -0.25) is 14.4 Å². The number of nitrogens with zero attached hydrogens (tertiary/aromatic N) is 2. The number of likely N-dealkylation sites (N-methyl/N-ethyl adjacent to an activating group) is 1. The van der Waals surface area contributed by atoms with Gasteiger partial charge in [0.15, 0.2) is 0 Å². The average molecular weight is 492 g/mol. The molecular weight excluding hydrogens is 462 g/mol. The molecular formula is C28H30ClN3O3. The lowest BCUT2D eigenvalue weighted by Gasteiger charge is -2.31. The number of benzene rings is 3. The Bertz CT molecular complexity index is 1250. The molecule has 0 fully saturated rings. The summed E-state index contributed by atoms with van der Waals surface area (Å²) in [6.45, 7) is 4.93. The minimum absolute atomic E-state index is 0.0362. The standard InChI is InChI=1S/C28H30ClN3O3/c1-3-23(27(34)30-4-2)32(18-20-10-5-6-14-22(20)29)25(33)16-9-17-31-24-15-8-12-19-11-7-13-21(26(19)24)28(31)35/h5-8,10-15,23H,3-4,9,16-18H2,1-2H3,(H,30,34)/t23-/m1/s1. The minimum atomic E-state index is -0.592. The zero-order chi connectivity index (χ0) is 24.9. The Morgan fingerprint density at radius 3 is 2.49 bits per heavy atom. The highest BCUT2D eigenvalue weighted by atomic mass is 35.5. The van der Waals surface area contributed by atoms with E-state index in [1.165, 1.54) is 0 Å². The number of carbonyl (C=O) groups is 3. The lowest BCUT2D eigenvalue weighted by atomic mass is 10.1. The van der Waals surface area contributed by atoms with Crippen molar-refractivity contribution in [3.05, 3.63) is 76.8 Å². The van der Waals surface area contributed by atoms with Gasteiger partial charge in [-0.05, 0) is 48.9 Å². The van der Waals surface area contributed by atoms with Gasteiger partial charge < -0.3 is 15.1 Å². The van der Waals surface area contributed by atoms with Gasteiger partial charge in [0, 0.05) is 42.0 Å². The van der Waals surface area contributed by atoms with Crippen molar-refractivity contribution < 1.29 is 14.4 Å². The highest BCUT2D eigenvalue weighted by Gasteiger charge is 2.31. The van der Waals surface area contributed by atoms with E-state index in [0.29, 0.717) is 36.5 Å². The van der Waals surface area contributed by atoms with Crippen LogP contribution in [0.3, 0.4) is 0 Å². The number of halogens is 1. The first-order valence-corrected chi connectivity index (χ1v) is 12.5. The van der Waals surface area contributed by atoms with Gasteiger partial charge in [-0.15, -0.1) is 0 Å². The monoisotopic (exact) mass is 491 g/mol. The minimum Gasteiger partial charge on any atom is -0.355 e. The van der Waals surface area contributed by atoms with Gasteiger partial charge in [0.05, 0.1) is 5.69 Å². The van der Waals surface area contributed by atoms with Gasteiger partial charge in [-0.1, -0.05) is 61.0 Å². The average Bonchev–Trinajstić information content (AvgIpc) is 3.13. The number of carbonyl (C=O) groups excluding carboxylic acids is 3. The molecule has 1 N–H and O–H groups in total. The molecule has 0 saturated carbocycles. The molecule has 0 unspecified atom stereocenters. The van der Waals surface area contributed by atoms with Crippen LogP contribution < -0.4 is 10.2 Å². The number of amides is 3. The smallest absolute Gasteiger partial charge is 0.258 e. The fourth-order valence-corrected chi connectivity index (χ4v) is 4.95. The zero-order valence-electron chi connectivity index (χ0n) is 20.1. The number of anilines is 1. The molecule has 1 atom stereocenters. The highest BCUT2D eigenvalue weighted by molar-refractivity contribution is 6.31. The molecule has 1 aliphatic rings. The highest BCUT2D eigenvalue weighted by Crippen LogP contribution is 2.37. The van der Waals surface area contributed by atoms with Crippen LogP contribution in [0.1, 0.15) is 49.0 Å². The van der Waals surface area contributed by atoms with Crippen LogP contribution in [0.2, 0.25) is 5.02 Å². The Balaban J connectivity index is 1.49. The van der Waals surface area contributed by atoms with E-state index in [0.717, 1.165) is 22.0 Å². The lowest BCUT2D eigenvalue weighted by molar-refractivity contribution is -0.141. The molecule has 182 valence electrons. The van der Waals surface area contributed by atoms with E-state index in [1.54, 1.807) is 15.9 Å². The molecule has 0 aromatic heterocycles. The Kier molecular flexibility index (Phi) is 7.71. The molecule has 0 bridgehead atoms. The summed E-state index contributed by atoms with van der Waals surface area (Å²) < 4.78 is 0.